The van der Waals surface area contributed by atoms with E-state index < -0.39 is 0 Å². The van der Waals surface area contributed by atoms with Crippen LogP contribution in [0.4, 0.5) is 15.2 Å². The number of piperazine rings is 1. The van der Waals surface area contributed by atoms with E-state index in [1.807, 2.05) is 9.80 Å². The SMILES string of the molecule is O=C(CSc1nnc(Nc2cccc(F)c2)s1)N1CCN(CC(=O)N2CCCC2)CC1. The summed E-state index contributed by atoms with van der Waals surface area (Å²) in [6.45, 7) is 4.90. The molecular weight excluding hydrogens is 439 g/mol. The van der Waals surface area contributed by atoms with Gasteiger partial charge < -0.3 is 15.1 Å². The van der Waals surface area contributed by atoms with Crippen LogP contribution in [0, 0.1) is 5.82 Å². The number of thioether (sulfide) groups is 1. The molecule has 11 heteroatoms. The lowest BCUT2D eigenvalue weighted by molar-refractivity contribution is -0.133. The summed E-state index contributed by atoms with van der Waals surface area (Å²) < 4.78 is 14.0. The van der Waals surface area contributed by atoms with Crippen molar-refractivity contribution in [3.8, 4) is 0 Å². The fraction of sp³-hybridized carbons (Fsp3) is 0.500. The molecule has 3 heterocycles. The molecule has 2 aliphatic rings. The summed E-state index contributed by atoms with van der Waals surface area (Å²) in [4.78, 5) is 30.8. The number of benzene rings is 1. The molecule has 2 saturated heterocycles. The number of amides is 2. The van der Waals surface area contributed by atoms with Gasteiger partial charge in [-0.3, -0.25) is 14.5 Å². The quantitative estimate of drug-likeness (QED) is 0.630. The first-order valence-electron chi connectivity index (χ1n) is 10.3. The van der Waals surface area contributed by atoms with E-state index in [1.54, 1.807) is 12.1 Å². The Hall–Kier alpha value is -2.24. The van der Waals surface area contributed by atoms with Gasteiger partial charge in [-0.1, -0.05) is 29.2 Å². The van der Waals surface area contributed by atoms with Crippen LogP contribution in [-0.4, -0.2) is 88.3 Å². The number of likely N-dealkylation sites (tertiary alicyclic amines) is 1. The zero-order valence-electron chi connectivity index (χ0n) is 17.1. The minimum atomic E-state index is -0.324. The summed E-state index contributed by atoms with van der Waals surface area (Å²) in [5, 5.41) is 11.7. The summed E-state index contributed by atoms with van der Waals surface area (Å²) in [5.74, 6) is 0.230. The van der Waals surface area contributed by atoms with Crippen LogP contribution in [0.25, 0.3) is 0 Å². The van der Waals surface area contributed by atoms with Gasteiger partial charge in [0.25, 0.3) is 0 Å². The number of halogens is 1. The van der Waals surface area contributed by atoms with Gasteiger partial charge in [0.05, 0.1) is 12.3 Å². The maximum absolute atomic E-state index is 13.3. The van der Waals surface area contributed by atoms with E-state index >= 15 is 0 Å². The molecule has 2 amide bonds. The molecule has 2 fully saturated rings. The second-order valence-electron chi connectivity index (χ2n) is 7.54. The molecule has 0 atom stereocenters. The van der Waals surface area contributed by atoms with E-state index in [0.29, 0.717) is 40.5 Å². The molecule has 1 aromatic heterocycles. The molecule has 1 aromatic carbocycles. The minimum absolute atomic E-state index is 0.0605. The molecule has 0 radical (unpaired) electrons. The molecule has 166 valence electrons. The van der Waals surface area contributed by atoms with Gasteiger partial charge in [-0.25, -0.2) is 4.39 Å². The first-order valence-corrected chi connectivity index (χ1v) is 12.1. The lowest BCUT2D eigenvalue weighted by atomic mass is 10.3. The number of carbonyl (C=O) groups excluding carboxylic acids is 2. The molecule has 0 aliphatic carbocycles. The summed E-state index contributed by atoms with van der Waals surface area (Å²) in [7, 11) is 0. The third kappa shape index (κ3) is 6.14. The number of hydrogen-bond donors (Lipinski definition) is 1. The average molecular weight is 465 g/mol. The number of aromatic nitrogens is 2. The van der Waals surface area contributed by atoms with E-state index in [0.717, 1.165) is 39.0 Å². The molecule has 2 aromatic rings. The van der Waals surface area contributed by atoms with Gasteiger partial charge >= 0.3 is 0 Å². The predicted octanol–water partition coefficient (Wildman–Crippen LogP) is 2.28. The molecule has 4 rings (SSSR count). The van der Waals surface area contributed by atoms with Crippen LogP contribution in [0.1, 0.15) is 12.8 Å². The summed E-state index contributed by atoms with van der Waals surface area (Å²) in [6.07, 6.45) is 2.20. The van der Waals surface area contributed by atoms with Gasteiger partial charge in [-0.15, -0.1) is 10.2 Å². The van der Waals surface area contributed by atoms with Crippen molar-refractivity contribution >= 4 is 45.7 Å². The normalized spacial score (nSPS) is 17.2. The Bertz CT molecular complexity index is 913. The lowest BCUT2D eigenvalue weighted by Crippen LogP contribution is -2.51. The van der Waals surface area contributed by atoms with Gasteiger partial charge in [0.2, 0.25) is 16.9 Å². The van der Waals surface area contributed by atoms with Gasteiger partial charge in [-0.2, -0.15) is 0 Å². The largest absolute Gasteiger partial charge is 0.342 e. The van der Waals surface area contributed by atoms with Gasteiger partial charge in [0, 0.05) is 45.0 Å². The summed E-state index contributed by atoms with van der Waals surface area (Å²) >= 11 is 2.68. The van der Waals surface area contributed by atoms with Crippen LogP contribution < -0.4 is 5.32 Å². The zero-order valence-corrected chi connectivity index (χ0v) is 18.8. The zero-order chi connectivity index (χ0) is 21.6. The van der Waals surface area contributed by atoms with Gasteiger partial charge in [-0.05, 0) is 31.0 Å². The van der Waals surface area contributed by atoms with E-state index in [4.69, 9.17) is 0 Å². The molecular formula is C20H25FN6O2S2. The molecule has 0 spiro atoms. The van der Waals surface area contributed by atoms with Crippen molar-refractivity contribution in [1.29, 1.82) is 0 Å². The Labute approximate surface area is 188 Å². The average Bonchev–Trinajstić information content (AvgIpc) is 3.45. The second kappa shape index (κ2) is 10.4. The summed E-state index contributed by atoms with van der Waals surface area (Å²) in [5.41, 5.74) is 0.602. The van der Waals surface area contributed by atoms with E-state index in [1.165, 1.54) is 35.2 Å². The number of rotatable bonds is 7. The topological polar surface area (TPSA) is 81.7 Å². The highest BCUT2D eigenvalue weighted by Crippen LogP contribution is 2.28. The third-order valence-corrected chi connectivity index (χ3v) is 7.30. The molecule has 0 bridgehead atoms. The fourth-order valence-corrected chi connectivity index (χ4v) is 5.31. The second-order valence-corrected chi connectivity index (χ2v) is 9.74. The highest BCUT2D eigenvalue weighted by molar-refractivity contribution is 8.01. The van der Waals surface area contributed by atoms with Crippen LogP contribution in [0.5, 0.6) is 0 Å². The van der Waals surface area contributed by atoms with Gasteiger partial charge in [0.1, 0.15) is 5.82 Å². The van der Waals surface area contributed by atoms with E-state index in [2.05, 4.69) is 20.4 Å². The van der Waals surface area contributed by atoms with Crippen LogP contribution in [0.15, 0.2) is 28.6 Å². The Morgan fingerprint density at radius 3 is 2.52 bits per heavy atom. The van der Waals surface area contributed by atoms with Crippen molar-refractivity contribution in [2.24, 2.45) is 0 Å². The van der Waals surface area contributed by atoms with E-state index in [-0.39, 0.29) is 17.6 Å². The fourth-order valence-electron chi connectivity index (χ4n) is 3.64. The molecule has 2 aliphatic heterocycles. The highest BCUT2D eigenvalue weighted by atomic mass is 32.2. The van der Waals surface area contributed by atoms with Gasteiger partial charge in [0.15, 0.2) is 4.34 Å². The maximum atomic E-state index is 13.3. The predicted molar refractivity (Wildman–Crippen MR) is 119 cm³/mol. The van der Waals surface area contributed by atoms with Crippen molar-refractivity contribution < 1.29 is 14.0 Å². The van der Waals surface area contributed by atoms with Crippen molar-refractivity contribution in [3.05, 3.63) is 30.1 Å². The first kappa shape index (κ1) is 22.0. The number of nitrogens with zero attached hydrogens (tertiary/aromatic N) is 5. The lowest BCUT2D eigenvalue weighted by Gasteiger charge is -2.35. The first-order chi connectivity index (χ1) is 15.1. The number of carbonyl (C=O) groups is 2. The molecule has 1 N–H and O–H groups in total. The van der Waals surface area contributed by atoms with Crippen molar-refractivity contribution in [2.45, 2.75) is 17.2 Å². The van der Waals surface area contributed by atoms with Crippen molar-refractivity contribution in [1.82, 2.24) is 24.9 Å². The Morgan fingerprint density at radius 2 is 1.77 bits per heavy atom. The smallest absolute Gasteiger partial charge is 0.236 e. The van der Waals surface area contributed by atoms with Crippen LogP contribution in [0.3, 0.4) is 0 Å². The Kier molecular flexibility index (Phi) is 7.36. The molecule has 0 saturated carbocycles. The molecule has 8 nitrogen and oxygen atoms in total. The maximum Gasteiger partial charge on any atom is 0.236 e. The monoisotopic (exact) mass is 464 g/mol. The minimum Gasteiger partial charge on any atom is -0.342 e. The van der Waals surface area contributed by atoms with Crippen molar-refractivity contribution in [3.63, 3.8) is 0 Å². The van der Waals surface area contributed by atoms with Crippen LogP contribution >= 0.6 is 23.1 Å². The molecule has 31 heavy (non-hydrogen) atoms. The summed E-state index contributed by atoms with van der Waals surface area (Å²) in [6, 6.07) is 6.13. The highest BCUT2D eigenvalue weighted by Gasteiger charge is 2.25. The van der Waals surface area contributed by atoms with Crippen LogP contribution in [0.2, 0.25) is 0 Å². The Balaban J connectivity index is 1.18. The standard InChI is InChI=1S/C20H25FN6O2S2/c21-15-4-3-5-16(12-15)22-19-23-24-20(31-19)30-14-18(29)27-10-8-25(9-11-27)13-17(28)26-6-1-2-7-26/h3-5,12H,1-2,6-11,13-14H2,(H,22,23). The third-order valence-electron chi connectivity index (χ3n) is 5.34. The van der Waals surface area contributed by atoms with E-state index in [9.17, 15) is 14.0 Å². The van der Waals surface area contributed by atoms with Crippen LogP contribution in [-0.2, 0) is 9.59 Å². The Morgan fingerprint density at radius 1 is 1.03 bits per heavy atom. The number of nitrogens with one attached hydrogen (secondary N) is 1. The number of anilines is 2. The van der Waals surface area contributed by atoms with Crippen molar-refractivity contribution in [2.75, 3.05) is 56.9 Å². The number of hydrogen-bond acceptors (Lipinski definition) is 8. The molecule has 0 unspecified atom stereocenters.